The fraction of sp³-hybridized carbons (Fsp3) is 0.0476. The summed E-state index contributed by atoms with van der Waals surface area (Å²) >= 11 is 0. The summed E-state index contributed by atoms with van der Waals surface area (Å²) in [6.07, 6.45) is 3.48. The fourth-order valence-corrected chi connectivity index (χ4v) is 3.22. The van der Waals surface area contributed by atoms with Crippen LogP contribution in [0.2, 0.25) is 0 Å². The summed E-state index contributed by atoms with van der Waals surface area (Å²) in [5, 5.41) is 15.7. The van der Waals surface area contributed by atoms with E-state index in [4.69, 9.17) is 9.84 Å². The fourth-order valence-electron chi connectivity index (χ4n) is 3.22. The van der Waals surface area contributed by atoms with Crippen LogP contribution in [0.5, 0.6) is 5.75 Å². The van der Waals surface area contributed by atoms with Crippen LogP contribution in [-0.4, -0.2) is 31.9 Å². The van der Waals surface area contributed by atoms with E-state index in [2.05, 4.69) is 21.2 Å². The topological polar surface area (TPSA) is 65.2 Å². The lowest BCUT2D eigenvalue weighted by molar-refractivity contribution is 0.415. The Balaban J connectivity index is 1.83. The van der Waals surface area contributed by atoms with Crippen molar-refractivity contribution in [2.45, 2.75) is 0 Å². The molecule has 3 heterocycles. The minimum absolute atomic E-state index is 0.688. The molecule has 0 atom stereocenters. The van der Waals surface area contributed by atoms with Crippen LogP contribution in [0.3, 0.4) is 0 Å². The summed E-state index contributed by atoms with van der Waals surface area (Å²) in [5.74, 6) is 1.50. The molecule has 0 aliphatic heterocycles. The van der Waals surface area contributed by atoms with Crippen LogP contribution in [0, 0.1) is 0 Å². The van der Waals surface area contributed by atoms with Gasteiger partial charge >= 0.3 is 0 Å². The van der Waals surface area contributed by atoms with Crippen molar-refractivity contribution in [3.8, 4) is 28.4 Å². The van der Waals surface area contributed by atoms with E-state index in [0.717, 1.165) is 39.0 Å². The maximum Gasteiger partial charge on any atom is 0.186 e. The second-order valence-electron chi connectivity index (χ2n) is 6.12. The molecule has 6 nitrogen and oxygen atoms in total. The average molecular weight is 353 g/mol. The monoisotopic (exact) mass is 353 g/mol. The summed E-state index contributed by atoms with van der Waals surface area (Å²) in [6, 6.07) is 19.8. The Kier molecular flexibility index (Phi) is 3.53. The van der Waals surface area contributed by atoms with E-state index >= 15 is 0 Å². The molecule has 0 amide bonds. The lowest BCUT2D eigenvalue weighted by Gasteiger charge is -2.09. The molecule has 0 N–H and O–H groups in total. The number of benzene rings is 2. The molecule has 6 heteroatoms. The summed E-state index contributed by atoms with van der Waals surface area (Å²) in [4.78, 5) is 4.08. The van der Waals surface area contributed by atoms with Crippen molar-refractivity contribution in [1.82, 2.24) is 24.8 Å². The molecule has 0 saturated heterocycles. The molecule has 0 spiro atoms. The molecule has 0 bridgehead atoms. The van der Waals surface area contributed by atoms with Gasteiger partial charge < -0.3 is 4.74 Å². The molecule has 0 saturated carbocycles. The van der Waals surface area contributed by atoms with Gasteiger partial charge in [-0.25, -0.2) is 0 Å². The van der Waals surface area contributed by atoms with Crippen LogP contribution in [0.1, 0.15) is 0 Å². The minimum atomic E-state index is 0.688. The smallest absolute Gasteiger partial charge is 0.186 e. The first-order valence-electron chi connectivity index (χ1n) is 8.54. The van der Waals surface area contributed by atoms with Crippen molar-refractivity contribution < 1.29 is 4.74 Å². The third kappa shape index (κ3) is 2.50. The quantitative estimate of drug-likeness (QED) is 0.490. The molecule has 0 aliphatic carbocycles. The van der Waals surface area contributed by atoms with Gasteiger partial charge in [0, 0.05) is 34.3 Å². The molecular formula is C21H15N5O. The molecule has 2 aromatic carbocycles. The minimum Gasteiger partial charge on any atom is -0.497 e. The van der Waals surface area contributed by atoms with Gasteiger partial charge in [-0.05, 0) is 36.4 Å². The van der Waals surface area contributed by atoms with Crippen molar-refractivity contribution in [3.05, 3.63) is 73.1 Å². The molecule has 27 heavy (non-hydrogen) atoms. The predicted octanol–water partition coefficient (Wildman–Crippen LogP) is 4.02. The molecule has 0 radical (unpaired) electrons. The molecule has 3 aromatic heterocycles. The summed E-state index contributed by atoms with van der Waals surface area (Å²) < 4.78 is 7.08. The number of nitrogens with zero attached hydrogens (tertiary/aromatic N) is 5. The maximum atomic E-state index is 5.28. The number of hydrogen-bond donors (Lipinski definition) is 0. The van der Waals surface area contributed by atoms with E-state index in [1.54, 1.807) is 24.0 Å². The van der Waals surface area contributed by atoms with Gasteiger partial charge in [0.25, 0.3) is 0 Å². The van der Waals surface area contributed by atoms with Crippen LogP contribution in [0.4, 0.5) is 0 Å². The highest BCUT2D eigenvalue weighted by molar-refractivity contribution is 6.01. The zero-order chi connectivity index (χ0) is 18.2. The molecule has 5 rings (SSSR count). The number of ether oxygens (including phenoxy) is 1. The lowest BCUT2D eigenvalue weighted by Crippen LogP contribution is -1.99. The highest BCUT2D eigenvalue weighted by Crippen LogP contribution is 2.31. The molecule has 130 valence electrons. The number of aromatic nitrogens is 5. The molecular weight excluding hydrogens is 338 g/mol. The van der Waals surface area contributed by atoms with Crippen LogP contribution in [0.25, 0.3) is 39.1 Å². The van der Waals surface area contributed by atoms with Gasteiger partial charge in [-0.2, -0.15) is 9.61 Å². The third-order valence-corrected chi connectivity index (χ3v) is 4.57. The summed E-state index contributed by atoms with van der Waals surface area (Å²) in [7, 11) is 1.66. The molecule has 0 unspecified atom stereocenters. The van der Waals surface area contributed by atoms with Gasteiger partial charge in [-0.1, -0.05) is 24.3 Å². The van der Waals surface area contributed by atoms with Gasteiger partial charge in [0.15, 0.2) is 11.5 Å². The van der Waals surface area contributed by atoms with Gasteiger partial charge in [0.2, 0.25) is 0 Å². The van der Waals surface area contributed by atoms with Gasteiger partial charge in [0.1, 0.15) is 5.75 Å². The van der Waals surface area contributed by atoms with Gasteiger partial charge in [-0.3, -0.25) is 4.98 Å². The number of fused-ring (bicyclic) bond motifs is 3. The molecule has 0 aliphatic rings. The van der Waals surface area contributed by atoms with Crippen LogP contribution >= 0.6 is 0 Å². The number of methoxy groups -OCH3 is 1. The number of pyridine rings is 1. The van der Waals surface area contributed by atoms with Crippen LogP contribution in [-0.2, 0) is 0 Å². The normalized spacial score (nSPS) is 11.1. The maximum absolute atomic E-state index is 5.28. The third-order valence-electron chi connectivity index (χ3n) is 4.57. The van der Waals surface area contributed by atoms with Crippen molar-refractivity contribution in [2.75, 3.05) is 7.11 Å². The SMILES string of the molecule is COc1ccc(-c2nn3c(-c4ccncc4)nnc3c3ccccc23)cc1. The second-order valence-corrected chi connectivity index (χ2v) is 6.12. The van der Waals surface area contributed by atoms with Crippen molar-refractivity contribution in [3.63, 3.8) is 0 Å². The Morgan fingerprint density at radius 2 is 1.52 bits per heavy atom. The Bertz CT molecular complexity index is 1250. The van der Waals surface area contributed by atoms with Crippen molar-refractivity contribution in [1.29, 1.82) is 0 Å². The Hall–Kier alpha value is -3.80. The van der Waals surface area contributed by atoms with E-state index in [-0.39, 0.29) is 0 Å². The van der Waals surface area contributed by atoms with E-state index in [9.17, 15) is 0 Å². The predicted molar refractivity (Wildman–Crippen MR) is 104 cm³/mol. The lowest BCUT2D eigenvalue weighted by atomic mass is 10.0. The highest BCUT2D eigenvalue weighted by Gasteiger charge is 2.16. The Labute approximate surface area is 155 Å². The second kappa shape index (κ2) is 6.17. The molecule has 5 aromatic rings. The van der Waals surface area contributed by atoms with E-state index < -0.39 is 0 Å². The first kappa shape index (κ1) is 15.5. The van der Waals surface area contributed by atoms with Crippen LogP contribution in [0.15, 0.2) is 73.1 Å². The van der Waals surface area contributed by atoms with Gasteiger partial charge in [-0.15, -0.1) is 10.2 Å². The van der Waals surface area contributed by atoms with Crippen molar-refractivity contribution >= 4 is 16.4 Å². The Morgan fingerprint density at radius 3 is 2.26 bits per heavy atom. The largest absolute Gasteiger partial charge is 0.497 e. The van der Waals surface area contributed by atoms with E-state index in [1.807, 2.05) is 54.6 Å². The van der Waals surface area contributed by atoms with Crippen LogP contribution < -0.4 is 4.74 Å². The zero-order valence-corrected chi connectivity index (χ0v) is 14.6. The first-order chi connectivity index (χ1) is 13.3. The Morgan fingerprint density at radius 1 is 0.778 bits per heavy atom. The standard InChI is InChI=1S/C21H15N5O/c1-27-16-8-6-14(7-9-16)19-17-4-2-3-5-18(17)21-24-23-20(26(21)25-19)15-10-12-22-13-11-15/h2-13H,1H3. The zero-order valence-electron chi connectivity index (χ0n) is 14.6. The first-order valence-corrected chi connectivity index (χ1v) is 8.54. The summed E-state index contributed by atoms with van der Waals surface area (Å²) in [6.45, 7) is 0. The number of rotatable bonds is 3. The molecule has 0 fully saturated rings. The van der Waals surface area contributed by atoms with Gasteiger partial charge in [0.05, 0.1) is 12.8 Å². The number of hydrogen-bond acceptors (Lipinski definition) is 5. The summed E-state index contributed by atoms with van der Waals surface area (Å²) in [5.41, 5.74) is 3.52. The van der Waals surface area contributed by atoms with E-state index in [0.29, 0.717) is 5.82 Å². The van der Waals surface area contributed by atoms with E-state index in [1.165, 1.54) is 0 Å². The highest BCUT2D eigenvalue weighted by atomic mass is 16.5. The van der Waals surface area contributed by atoms with Crippen molar-refractivity contribution in [2.24, 2.45) is 0 Å². The average Bonchev–Trinajstić information content (AvgIpc) is 3.18.